The number of nitrogens with one attached hydrogen (secondary N) is 1. The predicted molar refractivity (Wildman–Crippen MR) is 104 cm³/mol. The molecular weight excluding hydrogens is 404 g/mol. The molecule has 2 heterocycles. The van der Waals surface area contributed by atoms with Crippen molar-refractivity contribution < 1.29 is 13.9 Å². The van der Waals surface area contributed by atoms with Crippen LogP contribution in [-0.4, -0.2) is 15.7 Å². The van der Waals surface area contributed by atoms with Gasteiger partial charge in [0.05, 0.1) is 23.9 Å². The fourth-order valence-corrected chi connectivity index (χ4v) is 3.37. The SMILES string of the molecule is O=C(NCc1ccc(F)c(Cl)c1)c1cc2n(n1)C[C@@H](c1ccc(Cl)cc1)OC2. The highest BCUT2D eigenvalue weighted by molar-refractivity contribution is 6.31. The number of nitrogens with zero attached hydrogens (tertiary/aromatic N) is 2. The number of carbonyl (C=O) groups is 1. The molecule has 144 valence electrons. The predicted octanol–water partition coefficient (Wildman–Crippen LogP) is 4.53. The first-order valence-corrected chi connectivity index (χ1v) is 9.41. The molecule has 3 aromatic rings. The first-order chi connectivity index (χ1) is 13.5. The summed E-state index contributed by atoms with van der Waals surface area (Å²) in [5.74, 6) is -0.806. The van der Waals surface area contributed by atoms with E-state index in [0.717, 1.165) is 11.3 Å². The van der Waals surface area contributed by atoms with Crippen LogP contribution in [0, 0.1) is 5.82 Å². The molecule has 2 aromatic carbocycles. The molecule has 8 heteroatoms. The van der Waals surface area contributed by atoms with Gasteiger partial charge in [0.25, 0.3) is 5.91 Å². The number of carbonyl (C=O) groups excluding carboxylic acids is 1. The van der Waals surface area contributed by atoms with Gasteiger partial charge in [-0.05, 0) is 41.5 Å². The van der Waals surface area contributed by atoms with Crippen LogP contribution in [0.2, 0.25) is 10.0 Å². The van der Waals surface area contributed by atoms with Crippen LogP contribution >= 0.6 is 23.2 Å². The molecule has 0 aliphatic carbocycles. The molecule has 1 aliphatic rings. The summed E-state index contributed by atoms with van der Waals surface area (Å²) in [6, 6.07) is 13.5. The van der Waals surface area contributed by atoms with Gasteiger partial charge in [-0.2, -0.15) is 5.10 Å². The second-order valence-electron chi connectivity index (χ2n) is 6.49. The Morgan fingerprint density at radius 3 is 2.75 bits per heavy atom. The van der Waals surface area contributed by atoms with E-state index in [2.05, 4.69) is 10.4 Å². The lowest BCUT2D eigenvalue weighted by molar-refractivity contribution is -0.00119. The number of hydrogen-bond acceptors (Lipinski definition) is 3. The minimum atomic E-state index is -0.492. The Morgan fingerprint density at radius 2 is 2.00 bits per heavy atom. The summed E-state index contributed by atoms with van der Waals surface area (Å²) in [5.41, 5.74) is 2.85. The Kier molecular flexibility index (Phi) is 5.35. The van der Waals surface area contributed by atoms with Gasteiger partial charge in [0.2, 0.25) is 0 Å². The Labute approximate surface area is 171 Å². The van der Waals surface area contributed by atoms with Crippen LogP contribution in [0.25, 0.3) is 0 Å². The molecular formula is C20H16Cl2FN3O2. The summed E-state index contributed by atoms with van der Waals surface area (Å²) in [6.07, 6.45) is -0.151. The highest BCUT2D eigenvalue weighted by Crippen LogP contribution is 2.27. The maximum atomic E-state index is 13.2. The summed E-state index contributed by atoms with van der Waals surface area (Å²) in [4.78, 5) is 12.4. The first-order valence-electron chi connectivity index (χ1n) is 8.65. The fourth-order valence-electron chi connectivity index (χ4n) is 3.04. The van der Waals surface area contributed by atoms with Crippen molar-refractivity contribution in [2.45, 2.75) is 25.8 Å². The van der Waals surface area contributed by atoms with Gasteiger partial charge in [-0.15, -0.1) is 0 Å². The largest absolute Gasteiger partial charge is 0.365 e. The Hall–Kier alpha value is -2.41. The lowest BCUT2D eigenvalue weighted by Gasteiger charge is -2.24. The van der Waals surface area contributed by atoms with Gasteiger partial charge in [-0.25, -0.2) is 4.39 Å². The lowest BCUT2D eigenvalue weighted by Crippen LogP contribution is -2.24. The molecule has 0 spiro atoms. The van der Waals surface area contributed by atoms with Crippen molar-refractivity contribution in [1.29, 1.82) is 0 Å². The van der Waals surface area contributed by atoms with Crippen LogP contribution in [-0.2, 0) is 24.4 Å². The molecule has 5 nitrogen and oxygen atoms in total. The molecule has 0 bridgehead atoms. The van der Waals surface area contributed by atoms with E-state index in [1.54, 1.807) is 16.8 Å². The van der Waals surface area contributed by atoms with E-state index in [1.165, 1.54) is 12.1 Å². The van der Waals surface area contributed by atoms with E-state index in [1.807, 2.05) is 24.3 Å². The molecule has 0 fully saturated rings. The number of hydrogen-bond donors (Lipinski definition) is 1. The Morgan fingerprint density at radius 1 is 1.21 bits per heavy atom. The van der Waals surface area contributed by atoms with Crippen LogP contribution in [0.5, 0.6) is 0 Å². The van der Waals surface area contributed by atoms with Crippen LogP contribution in [0.4, 0.5) is 4.39 Å². The average Bonchev–Trinajstić information content (AvgIpc) is 3.12. The zero-order valence-corrected chi connectivity index (χ0v) is 16.2. The molecule has 1 atom stereocenters. The van der Waals surface area contributed by atoms with Crippen molar-refractivity contribution in [3.63, 3.8) is 0 Å². The zero-order valence-electron chi connectivity index (χ0n) is 14.7. The lowest BCUT2D eigenvalue weighted by atomic mass is 10.1. The molecule has 1 amide bonds. The molecule has 28 heavy (non-hydrogen) atoms. The number of benzene rings is 2. The minimum absolute atomic E-state index is 0.0228. The molecule has 4 rings (SSSR count). The molecule has 0 saturated carbocycles. The maximum absolute atomic E-state index is 13.2. The van der Waals surface area contributed by atoms with Gasteiger partial charge in [0.1, 0.15) is 11.9 Å². The van der Waals surface area contributed by atoms with Crippen molar-refractivity contribution in [3.8, 4) is 0 Å². The summed E-state index contributed by atoms with van der Waals surface area (Å²) >= 11 is 11.7. The van der Waals surface area contributed by atoms with Gasteiger partial charge in [-0.1, -0.05) is 41.4 Å². The Bertz CT molecular complexity index is 1020. The van der Waals surface area contributed by atoms with Gasteiger partial charge in [-0.3, -0.25) is 9.48 Å². The molecule has 1 N–H and O–H groups in total. The highest BCUT2D eigenvalue weighted by Gasteiger charge is 2.24. The number of rotatable bonds is 4. The molecule has 1 aromatic heterocycles. The third kappa shape index (κ3) is 4.04. The third-order valence-corrected chi connectivity index (χ3v) is 5.09. The van der Waals surface area contributed by atoms with Crippen LogP contribution < -0.4 is 5.32 Å². The van der Waals surface area contributed by atoms with E-state index in [4.69, 9.17) is 27.9 Å². The standard InChI is InChI=1S/C20H16Cl2FN3O2/c21-14-4-2-13(3-5-14)19-10-26-15(11-28-19)8-18(25-26)20(27)24-9-12-1-6-17(23)16(22)7-12/h1-8,19H,9-11H2,(H,24,27)/t19-/m0/s1. The summed E-state index contributed by atoms with van der Waals surface area (Å²) < 4.78 is 20.9. The van der Waals surface area contributed by atoms with E-state index in [9.17, 15) is 9.18 Å². The second kappa shape index (κ2) is 7.91. The molecule has 0 saturated heterocycles. The van der Waals surface area contributed by atoms with Gasteiger partial charge >= 0.3 is 0 Å². The van der Waals surface area contributed by atoms with Crippen molar-refractivity contribution in [3.05, 3.63) is 86.9 Å². The van der Waals surface area contributed by atoms with E-state index < -0.39 is 5.82 Å². The number of aromatic nitrogens is 2. The number of halogens is 3. The maximum Gasteiger partial charge on any atom is 0.272 e. The summed E-state index contributed by atoms with van der Waals surface area (Å²) in [6.45, 7) is 1.10. The fraction of sp³-hybridized carbons (Fsp3) is 0.200. The van der Waals surface area contributed by atoms with Crippen molar-refractivity contribution in [1.82, 2.24) is 15.1 Å². The van der Waals surface area contributed by atoms with Crippen molar-refractivity contribution in [2.75, 3.05) is 0 Å². The Balaban J connectivity index is 1.42. The first kappa shape index (κ1) is 18.9. The van der Waals surface area contributed by atoms with Crippen LogP contribution in [0.3, 0.4) is 0 Å². The second-order valence-corrected chi connectivity index (χ2v) is 7.33. The highest BCUT2D eigenvalue weighted by atomic mass is 35.5. The number of ether oxygens (including phenoxy) is 1. The van der Waals surface area contributed by atoms with Crippen LogP contribution in [0.1, 0.15) is 33.4 Å². The average molecular weight is 420 g/mol. The monoisotopic (exact) mass is 419 g/mol. The van der Waals surface area contributed by atoms with Crippen molar-refractivity contribution in [2.24, 2.45) is 0 Å². The molecule has 0 radical (unpaired) electrons. The van der Waals surface area contributed by atoms with Crippen LogP contribution in [0.15, 0.2) is 48.5 Å². The smallest absolute Gasteiger partial charge is 0.272 e. The van der Waals surface area contributed by atoms with Gasteiger partial charge in [0.15, 0.2) is 5.69 Å². The van der Waals surface area contributed by atoms with Gasteiger partial charge in [0, 0.05) is 11.6 Å². The number of fused-ring (bicyclic) bond motifs is 1. The quantitative estimate of drug-likeness (QED) is 0.675. The molecule has 1 aliphatic heterocycles. The topological polar surface area (TPSA) is 56.2 Å². The van der Waals surface area contributed by atoms with Gasteiger partial charge < -0.3 is 10.1 Å². The molecule has 0 unspecified atom stereocenters. The summed E-state index contributed by atoms with van der Waals surface area (Å²) in [7, 11) is 0. The van der Waals surface area contributed by atoms with E-state index in [0.29, 0.717) is 29.4 Å². The van der Waals surface area contributed by atoms with Crippen molar-refractivity contribution >= 4 is 29.1 Å². The summed E-state index contributed by atoms with van der Waals surface area (Å²) in [5, 5.41) is 7.86. The number of amides is 1. The van der Waals surface area contributed by atoms with E-state index >= 15 is 0 Å². The zero-order chi connectivity index (χ0) is 19.7. The minimum Gasteiger partial charge on any atom is -0.365 e. The normalized spacial score (nSPS) is 15.9. The third-order valence-electron chi connectivity index (χ3n) is 4.55. The van der Waals surface area contributed by atoms with E-state index in [-0.39, 0.29) is 23.6 Å².